The summed E-state index contributed by atoms with van der Waals surface area (Å²) >= 11 is 5.66. The van der Waals surface area contributed by atoms with Crippen molar-refractivity contribution in [3.63, 3.8) is 0 Å². The third-order valence-electron chi connectivity index (χ3n) is 2.61. The van der Waals surface area contributed by atoms with Gasteiger partial charge in [-0.15, -0.1) is 0 Å². The molecule has 0 aromatic heterocycles. The Morgan fingerprint density at radius 1 is 1.30 bits per heavy atom. The number of benzene rings is 2. The summed E-state index contributed by atoms with van der Waals surface area (Å²) in [7, 11) is 0. The molecule has 20 heavy (non-hydrogen) atoms. The molecular weight excluding hydrogens is 285 g/mol. The highest BCUT2D eigenvalue weighted by Gasteiger charge is 2.12. The van der Waals surface area contributed by atoms with Gasteiger partial charge in [-0.2, -0.15) is 0 Å². The van der Waals surface area contributed by atoms with Crippen LogP contribution in [0.1, 0.15) is 15.9 Å². The topological polar surface area (TPSA) is 72.5 Å². The van der Waals surface area contributed by atoms with E-state index >= 15 is 0 Å². The van der Waals surface area contributed by atoms with Crippen LogP contribution in [0.2, 0.25) is 5.02 Å². The minimum absolute atomic E-state index is 0.0122. The number of ether oxygens (including phenoxy) is 1. The lowest BCUT2D eigenvalue weighted by atomic mass is 10.2. The first-order valence-corrected chi connectivity index (χ1v) is 6.04. The van der Waals surface area contributed by atoms with Gasteiger partial charge in [0.05, 0.1) is 5.02 Å². The summed E-state index contributed by atoms with van der Waals surface area (Å²) < 4.78 is 18.4. The quantitative estimate of drug-likeness (QED) is 0.849. The molecule has 0 bridgehead atoms. The molecular formula is C14H11ClFNO3. The molecule has 0 atom stereocenters. The molecule has 0 saturated carbocycles. The Balaban J connectivity index is 2.18. The monoisotopic (exact) mass is 295 g/mol. The molecule has 0 amide bonds. The minimum Gasteiger partial charge on any atom is -0.488 e. The Hall–Kier alpha value is -2.27. The molecule has 0 radical (unpaired) electrons. The van der Waals surface area contributed by atoms with Crippen LogP contribution >= 0.6 is 11.6 Å². The second-order valence-electron chi connectivity index (χ2n) is 4.10. The van der Waals surface area contributed by atoms with Crippen molar-refractivity contribution in [3.05, 3.63) is 58.4 Å². The van der Waals surface area contributed by atoms with E-state index in [2.05, 4.69) is 0 Å². The van der Waals surface area contributed by atoms with Crippen LogP contribution in [0.15, 0.2) is 36.4 Å². The smallest absolute Gasteiger partial charge is 0.339 e. The fraction of sp³-hybridized carbons (Fsp3) is 0.0714. The number of rotatable bonds is 4. The minimum atomic E-state index is -1.13. The number of carbonyl (C=O) groups is 1. The van der Waals surface area contributed by atoms with Crippen LogP contribution in [0.4, 0.5) is 10.1 Å². The van der Waals surface area contributed by atoms with Crippen LogP contribution in [0.5, 0.6) is 5.75 Å². The summed E-state index contributed by atoms with van der Waals surface area (Å²) in [5.74, 6) is -1.47. The lowest BCUT2D eigenvalue weighted by Gasteiger charge is -2.10. The van der Waals surface area contributed by atoms with E-state index in [4.69, 9.17) is 27.2 Å². The van der Waals surface area contributed by atoms with E-state index in [-0.39, 0.29) is 22.9 Å². The van der Waals surface area contributed by atoms with Crippen LogP contribution in [0, 0.1) is 5.82 Å². The average molecular weight is 296 g/mol. The van der Waals surface area contributed by atoms with Crippen LogP contribution in [-0.2, 0) is 6.61 Å². The van der Waals surface area contributed by atoms with Crippen molar-refractivity contribution in [1.29, 1.82) is 0 Å². The van der Waals surface area contributed by atoms with Crippen molar-refractivity contribution in [2.45, 2.75) is 6.61 Å². The molecule has 104 valence electrons. The first-order valence-electron chi connectivity index (χ1n) is 5.67. The molecule has 0 aliphatic heterocycles. The summed E-state index contributed by atoms with van der Waals surface area (Å²) in [6.45, 7) is 0.0736. The zero-order valence-corrected chi connectivity index (χ0v) is 11.0. The maximum absolute atomic E-state index is 13.0. The predicted octanol–water partition coefficient (Wildman–Crippen LogP) is 3.34. The Labute approximate surface area is 119 Å². The normalized spacial score (nSPS) is 10.3. The molecule has 2 aromatic carbocycles. The highest BCUT2D eigenvalue weighted by atomic mass is 35.5. The van der Waals surface area contributed by atoms with E-state index in [1.54, 1.807) is 6.07 Å². The number of carboxylic acids is 1. The molecule has 6 heteroatoms. The lowest BCUT2D eigenvalue weighted by Crippen LogP contribution is -2.04. The van der Waals surface area contributed by atoms with Gasteiger partial charge in [0.1, 0.15) is 23.7 Å². The molecule has 0 aliphatic rings. The van der Waals surface area contributed by atoms with E-state index in [0.717, 1.165) is 0 Å². The van der Waals surface area contributed by atoms with Crippen molar-refractivity contribution >= 4 is 23.3 Å². The lowest BCUT2D eigenvalue weighted by molar-refractivity contribution is 0.0692. The maximum Gasteiger partial charge on any atom is 0.339 e. The summed E-state index contributed by atoms with van der Waals surface area (Å²) in [4.78, 5) is 11.1. The van der Waals surface area contributed by atoms with Crippen LogP contribution < -0.4 is 10.5 Å². The Morgan fingerprint density at radius 3 is 2.70 bits per heavy atom. The van der Waals surface area contributed by atoms with Crippen molar-refractivity contribution in [2.24, 2.45) is 0 Å². The molecule has 0 aliphatic carbocycles. The highest BCUT2D eigenvalue weighted by molar-refractivity contribution is 6.30. The molecule has 2 rings (SSSR count). The Bertz CT molecular complexity index is 661. The van der Waals surface area contributed by atoms with Gasteiger partial charge in [0.25, 0.3) is 0 Å². The van der Waals surface area contributed by atoms with Gasteiger partial charge in [-0.3, -0.25) is 0 Å². The predicted molar refractivity (Wildman–Crippen MR) is 73.6 cm³/mol. The van der Waals surface area contributed by atoms with Crippen molar-refractivity contribution in [2.75, 3.05) is 5.73 Å². The van der Waals surface area contributed by atoms with Crippen molar-refractivity contribution < 1.29 is 19.0 Å². The number of aromatic carboxylic acids is 1. The van der Waals surface area contributed by atoms with Gasteiger partial charge in [-0.25, -0.2) is 9.18 Å². The molecule has 4 nitrogen and oxygen atoms in total. The van der Waals surface area contributed by atoms with Gasteiger partial charge in [-0.05, 0) is 35.9 Å². The Kier molecular flexibility index (Phi) is 4.10. The molecule has 0 fully saturated rings. The molecule has 2 aromatic rings. The SMILES string of the molecule is Nc1ccc(OCc2ccc(F)c(Cl)c2)c(C(=O)O)c1. The number of anilines is 1. The number of halogens is 2. The number of nitrogens with two attached hydrogens (primary N) is 1. The Morgan fingerprint density at radius 2 is 2.05 bits per heavy atom. The molecule has 0 unspecified atom stereocenters. The molecule has 0 heterocycles. The molecule has 0 spiro atoms. The zero-order valence-electron chi connectivity index (χ0n) is 10.3. The van der Waals surface area contributed by atoms with Gasteiger partial charge in [0.2, 0.25) is 0 Å². The fourth-order valence-corrected chi connectivity index (χ4v) is 1.83. The second kappa shape index (κ2) is 5.79. The van der Waals surface area contributed by atoms with E-state index in [9.17, 15) is 9.18 Å². The first-order chi connectivity index (χ1) is 9.47. The van der Waals surface area contributed by atoms with E-state index in [0.29, 0.717) is 11.3 Å². The van der Waals surface area contributed by atoms with E-state index in [1.807, 2.05) is 0 Å². The van der Waals surface area contributed by atoms with E-state index in [1.165, 1.54) is 30.3 Å². The summed E-state index contributed by atoms with van der Waals surface area (Å²) in [5, 5.41) is 9.05. The maximum atomic E-state index is 13.0. The standard InChI is InChI=1S/C14H11ClFNO3/c15-11-5-8(1-3-12(11)16)7-20-13-4-2-9(17)6-10(13)14(18)19/h1-6H,7,17H2,(H,18,19). The average Bonchev–Trinajstić information content (AvgIpc) is 2.41. The van der Waals surface area contributed by atoms with Crippen molar-refractivity contribution in [3.8, 4) is 5.75 Å². The number of carboxylic acid groups (broad SMARTS) is 1. The summed E-state index contributed by atoms with van der Waals surface area (Å²) in [6, 6.07) is 8.49. The zero-order chi connectivity index (χ0) is 14.7. The fourth-order valence-electron chi connectivity index (χ4n) is 1.63. The van der Waals surface area contributed by atoms with E-state index < -0.39 is 11.8 Å². The molecule has 0 saturated heterocycles. The van der Waals surface area contributed by atoms with Gasteiger partial charge in [0.15, 0.2) is 0 Å². The third kappa shape index (κ3) is 3.19. The van der Waals surface area contributed by atoms with Gasteiger partial charge < -0.3 is 15.6 Å². The number of hydrogen-bond donors (Lipinski definition) is 2. The van der Waals surface area contributed by atoms with Gasteiger partial charge in [0, 0.05) is 5.69 Å². The summed E-state index contributed by atoms with van der Waals surface area (Å²) in [5.41, 5.74) is 6.46. The largest absolute Gasteiger partial charge is 0.488 e. The number of nitrogen functional groups attached to an aromatic ring is 1. The van der Waals surface area contributed by atoms with Crippen molar-refractivity contribution in [1.82, 2.24) is 0 Å². The van der Waals surface area contributed by atoms with Crippen LogP contribution in [0.3, 0.4) is 0 Å². The number of hydrogen-bond acceptors (Lipinski definition) is 3. The van der Waals surface area contributed by atoms with Gasteiger partial charge >= 0.3 is 5.97 Å². The van der Waals surface area contributed by atoms with Crippen LogP contribution in [0.25, 0.3) is 0 Å². The molecule has 3 N–H and O–H groups in total. The third-order valence-corrected chi connectivity index (χ3v) is 2.90. The first kappa shape index (κ1) is 14.1. The van der Waals surface area contributed by atoms with Crippen LogP contribution in [-0.4, -0.2) is 11.1 Å². The summed E-state index contributed by atoms with van der Waals surface area (Å²) in [6.07, 6.45) is 0. The second-order valence-corrected chi connectivity index (χ2v) is 4.51. The highest BCUT2D eigenvalue weighted by Crippen LogP contribution is 2.23. The van der Waals surface area contributed by atoms with Gasteiger partial charge in [-0.1, -0.05) is 17.7 Å².